The lowest BCUT2D eigenvalue weighted by molar-refractivity contribution is 0.102. The van der Waals surface area contributed by atoms with Crippen LogP contribution in [-0.2, 0) is 10.0 Å². The Balaban J connectivity index is 1.53. The van der Waals surface area contributed by atoms with Crippen LogP contribution in [0.2, 0.25) is 5.02 Å². The van der Waals surface area contributed by atoms with Crippen LogP contribution in [0.25, 0.3) is 5.82 Å². The molecule has 0 unspecified atom stereocenters. The number of amides is 1. The first-order valence-electron chi connectivity index (χ1n) is 9.46. The van der Waals surface area contributed by atoms with Gasteiger partial charge in [-0.25, -0.2) is 18.4 Å². The van der Waals surface area contributed by atoms with Crippen LogP contribution in [0.1, 0.15) is 15.9 Å². The molecule has 4 aromatic rings. The van der Waals surface area contributed by atoms with Crippen molar-refractivity contribution in [3.8, 4) is 5.82 Å². The second-order valence-electron chi connectivity index (χ2n) is 6.92. The van der Waals surface area contributed by atoms with Crippen molar-refractivity contribution in [2.45, 2.75) is 11.8 Å². The molecule has 0 aliphatic rings. The number of sulfonamides is 1. The van der Waals surface area contributed by atoms with Gasteiger partial charge in [-0.05, 0) is 61.0 Å². The lowest BCUT2D eigenvalue weighted by atomic mass is 10.2. The topological polar surface area (TPSA) is 106 Å². The molecule has 0 spiro atoms. The predicted octanol–water partition coefficient (Wildman–Crippen LogP) is 4.28. The summed E-state index contributed by atoms with van der Waals surface area (Å²) in [7, 11) is -3.88. The van der Waals surface area contributed by atoms with E-state index < -0.39 is 15.9 Å². The van der Waals surface area contributed by atoms with Gasteiger partial charge in [0.15, 0.2) is 0 Å². The number of pyridine rings is 1. The fraction of sp³-hybridized carbons (Fsp3) is 0.0455. The van der Waals surface area contributed by atoms with Crippen LogP contribution in [0.5, 0.6) is 0 Å². The molecule has 2 aromatic carbocycles. The monoisotopic (exact) mass is 467 g/mol. The molecule has 4 rings (SSSR count). The molecule has 0 saturated carbocycles. The van der Waals surface area contributed by atoms with Gasteiger partial charge in [0.05, 0.1) is 10.5 Å². The minimum absolute atomic E-state index is 0.0545. The van der Waals surface area contributed by atoms with E-state index in [4.69, 9.17) is 11.6 Å². The van der Waals surface area contributed by atoms with E-state index in [1.807, 2.05) is 0 Å². The minimum atomic E-state index is -3.88. The van der Waals surface area contributed by atoms with E-state index in [2.05, 4.69) is 20.0 Å². The molecule has 0 aliphatic carbocycles. The summed E-state index contributed by atoms with van der Waals surface area (Å²) in [6.07, 6.45) is 6.43. The fourth-order valence-corrected chi connectivity index (χ4v) is 4.42. The van der Waals surface area contributed by atoms with Gasteiger partial charge in [0.25, 0.3) is 15.9 Å². The second kappa shape index (κ2) is 8.81. The van der Waals surface area contributed by atoms with Crippen LogP contribution >= 0.6 is 11.6 Å². The van der Waals surface area contributed by atoms with Crippen LogP contribution in [0.15, 0.2) is 84.4 Å². The minimum Gasteiger partial charge on any atom is -0.322 e. The average molecular weight is 468 g/mol. The van der Waals surface area contributed by atoms with E-state index in [-0.39, 0.29) is 4.90 Å². The Hall–Kier alpha value is -3.69. The molecule has 2 heterocycles. The van der Waals surface area contributed by atoms with Crippen molar-refractivity contribution < 1.29 is 13.2 Å². The van der Waals surface area contributed by atoms with Gasteiger partial charge >= 0.3 is 0 Å². The Labute approximate surface area is 190 Å². The molecule has 2 N–H and O–H groups in total. The first-order chi connectivity index (χ1) is 15.3. The summed E-state index contributed by atoms with van der Waals surface area (Å²) in [6, 6.07) is 14.3. The molecule has 0 aliphatic heterocycles. The molecule has 0 radical (unpaired) electrons. The normalized spacial score (nSPS) is 11.2. The number of nitrogens with one attached hydrogen (secondary N) is 2. The molecule has 2 aromatic heterocycles. The van der Waals surface area contributed by atoms with Crippen LogP contribution in [0.3, 0.4) is 0 Å². The summed E-state index contributed by atoms with van der Waals surface area (Å²) in [5.74, 6) is 0.212. The molecule has 1 amide bonds. The first-order valence-corrected chi connectivity index (χ1v) is 11.3. The molecular weight excluding hydrogens is 450 g/mol. The number of benzene rings is 2. The van der Waals surface area contributed by atoms with E-state index in [0.29, 0.717) is 33.3 Å². The van der Waals surface area contributed by atoms with Crippen LogP contribution < -0.4 is 10.0 Å². The summed E-state index contributed by atoms with van der Waals surface area (Å²) >= 11 is 5.85. The Kier molecular flexibility index (Phi) is 5.93. The number of nitrogens with zero attached hydrogens (tertiary/aromatic N) is 3. The number of halogens is 1. The Morgan fingerprint density at radius 3 is 2.44 bits per heavy atom. The van der Waals surface area contributed by atoms with Crippen molar-refractivity contribution >= 4 is 38.9 Å². The number of hydrogen-bond donors (Lipinski definition) is 2. The van der Waals surface area contributed by atoms with E-state index in [1.165, 1.54) is 12.3 Å². The maximum Gasteiger partial charge on any atom is 0.262 e. The van der Waals surface area contributed by atoms with E-state index >= 15 is 0 Å². The highest BCUT2D eigenvalue weighted by atomic mass is 35.5. The fourth-order valence-electron chi connectivity index (χ4n) is 2.97. The number of aromatic nitrogens is 3. The van der Waals surface area contributed by atoms with Gasteiger partial charge in [0.2, 0.25) is 0 Å². The summed E-state index contributed by atoms with van der Waals surface area (Å²) in [5, 5.41) is 3.22. The van der Waals surface area contributed by atoms with Crippen molar-refractivity contribution in [2.24, 2.45) is 0 Å². The summed E-state index contributed by atoms with van der Waals surface area (Å²) in [6.45, 7) is 1.68. The molecule has 0 fully saturated rings. The lowest BCUT2D eigenvalue weighted by Gasteiger charge is -2.13. The number of carbonyl (C=O) groups is 1. The summed E-state index contributed by atoms with van der Waals surface area (Å²) in [5.41, 5.74) is 1.59. The van der Waals surface area contributed by atoms with Crippen molar-refractivity contribution in [1.82, 2.24) is 14.5 Å². The molecule has 162 valence electrons. The van der Waals surface area contributed by atoms with Gasteiger partial charge in [-0.3, -0.25) is 14.1 Å². The third-order valence-electron chi connectivity index (χ3n) is 4.61. The Morgan fingerprint density at radius 2 is 1.78 bits per heavy atom. The maximum absolute atomic E-state index is 12.9. The molecule has 0 bridgehead atoms. The molecule has 0 saturated heterocycles. The lowest BCUT2D eigenvalue weighted by Crippen LogP contribution is -2.16. The van der Waals surface area contributed by atoms with Crippen molar-refractivity contribution in [3.05, 3.63) is 95.7 Å². The number of rotatable bonds is 6. The van der Waals surface area contributed by atoms with Crippen LogP contribution in [0.4, 0.5) is 11.4 Å². The Bertz CT molecular complexity index is 1350. The van der Waals surface area contributed by atoms with Gasteiger partial charge in [0.1, 0.15) is 12.1 Å². The summed E-state index contributed by atoms with van der Waals surface area (Å²) < 4.78 is 30.0. The molecule has 0 atom stereocenters. The number of carbonyl (C=O) groups excluding carboxylic acids is 1. The van der Waals surface area contributed by atoms with Gasteiger partial charge in [-0.15, -0.1) is 0 Å². The zero-order valence-corrected chi connectivity index (χ0v) is 18.4. The molecular formula is C22H18ClN5O3S. The van der Waals surface area contributed by atoms with Crippen molar-refractivity contribution in [1.29, 1.82) is 0 Å². The quantitative estimate of drug-likeness (QED) is 0.440. The van der Waals surface area contributed by atoms with E-state index in [0.717, 1.165) is 0 Å². The third-order valence-corrected chi connectivity index (χ3v) is 6.39. The third kappa shape index (κ3) is 4.79. The highest BCUT2D eigenvalue weighted by Gasteiger charge is 2.18. The van der Waals surface area contributed by atoms with Gasteiger partial charge < -0.3 is 5.32 Å². The maximum atomic E-state index is 12.9. The Morgan fingerprint density at radius 1 is 1.03 bits per heavy atom. The zero-order chi connectivity index (χ0) is 22.7. The number of anilines is 2. The number of aryl methyl sites for hydroxylation is 1. The molecule has 10 heteroatoms. The van der Waals surface area contributed by atoms with E-state index in [1.54, 1.807) is 78.7 Å². The standard InChI is InChI=1S/C22H18ClN5O3S/c1-15-2-6-19(12-20(15)32(30,31)27-18-7-4-17(23)5-8-18)26-22(29)16-3-9-21(25-13-16)28-11-10-24-14-28/h2-14,27H,1H3,(H,26,29). The number of hydrogen-bond acceptors (Lipinski definition) is 5. The molecule has 32 heavy (non-hydrogen) atoms. The second-order valence-corrected chi connectivity index (χ2v) is 9.01. The first kappa shape index (κ1) is 21.5. The van der Waals surface area contributed by atoms with Crippen LogP contribution in [-0.4, -0.2) is 28.9 Å². The van der Waals surface area contributed by atoms with E-state index in [9.17, 15) is 13.2 Å². The average Bonchev–Trinajstić information content (AvgIpc) is 3.31. The highest BCUT2D eigenvalue weighted by molar-refractivity contribution is 7.92. The van der Waals surface area contributed by atoms with Crippen molar-refractivity contribution in [2.75, 3.05) is 10.0 Å². The predicted molar refractivity (Wildman–Crippen MR) is 123 cm³/mol. The number of imidazole rings is 1. The van der Waals surface area contributed by atoms with Gasteiger partial charge in [0, 0.05) is 35.0 Å². The molecule has 8 nitrogen and oxygen atoms in total. The van der Waals surface area contributed by atoms with Gasteiger partial charge in [-0.2, -0.15) is 0 Å². The van der Waals surface area contributed by atoms with Gasteiger partial charge in [-0.1, -0.05) is 17.7 Å². The largest absolute Gasteiger partial charge is 0.322 e. The SMILES string of the molecule is Cc1ccc(NC(=O)c2ccc(-n3ccnc3)nc2)cc1S(=O)(=O)Nc1ccc(Cl)cc1. The highest BCUT2D eigenvalue weighted by Crippen LogP contribution is 2.24. The summed E-state index contributed by atoms with van der Waals surface area (Å²) in [4.78, 5) is 20.9. The van der Waals surface area contributed by atoms with Crippen molar-refractivity contribution in [3.63, 3.8) is 0 Å². The smallest absolute Gasteiger partial charge is 0.262 e. The zero-order valence-electron chi connectivity index (χ0n) is 16.9. The van der Waals surface area contributed by atoms with Crippen LogP contribution in [0, 0.1) is 6.92 Å².